The zero-order chi connectivity index (χ0) is 14.5. The van der Waals surface area contributed by atoms with Crippen LogP contribution < -0.4 is 10.2 Å². The Morgan fingerprint density at radius 1 is 1.18 bits per heavy atom. The van der Waals surface area contributed by atoms with E-state index in [1.54, 1.807) is 10.9 Å². The van der Waals surface area contributed by atoms with Gasteiger partial charge in [-0.05, 0) is 24.6 Å². The number of rotatable bonds is 6. The third-order valence-electron chi connectivity index (χ3n) is 3.34. The van der Waals surface area contributed by atoms with Crippen LogP contribution in [0.3, 0.4) is 0 Å². The van der Waals surface area contributed by atoms with Gasteiger partial charge in [0.05, 0.1) is 24.1 Å². The summed E-state index contributed by atoms with van der Waals surface area (Å²) in [4.78, 5) is 2.07. The van der Waals surface area contributed by atoms with E-state index in [0.29, 0.717) is 6.54 Å². The summed E-state index contributed by atoms with van der Waals surface area (Å²) in [7, 11) is 4.05. The van der Waals surface area contributed by atoms with Crippen LogP contribution in [0.5, 0.6) is 0 Å². The SMILES string of the molecule is Cc1c(NCc2ccc(N(C)C)cc2)cnn1CCF.Cl.Cl. The number of aromatic nitrogens is 2. The Morgan fingerprint density at radius 2 is 1.82 bits per heavy atom. The van der Waals surface area contributed by atoms with Gasteiger partial charge in [0.25, 0.3) is 0 Å². The lowest BCUT2D eigenvalue weighted by molar-refractivity contribution is 0.423. The molecule has 2 rings (SSSR count). The first-order valence-electron chi connectivity index (χ1n) is 6.70. The minimum Gasteiger partial charge on any atom is -0.378 e. The predicted molar refractivity (Wildman–Crippen MR) is 95.5 cm³/mol. The minimum absolute atomic E-state index is 0. The Kier molecular flexibility index (Phi) is 8.90. The molecule has 0 amide bonds. The molecule has 0 atom stereocenters. The van der Waals surface area contributed by atoms with Crippen LogP contribution in [-0.2, 0) is 13.1 Å². The average molecular weight is 349 g/mol. The second-order valence-electron chi connectivity index (χ2n) is 4.97. The van der Waals surface area contributed by atoms with Crippen molar-refractivity contribution < 1.29 is 4.39 Å². The molecule has 0 bridgehead atoms. The van der Waals surface area contributed by atoms with E-state index in [1.165, 1.54) is 11.3 Å². The molecular formula is C15H23Cl2FN4. The lowest BCUT2D eigenvalue weighted by Gasteiger charge is -2.13. The van der Waals surface area contributed by atoms with Crippen molar-refractivity contribution in [2.24, 2.45) is 0 Å². The van der Waals surface area contributed by atoms with Crippen molar-refractivity contribution in [3.63, 3.8) is 0 Å². The lowest BCUT2D eigenvalue weighted by atomic mass is 10.2. The molecule has 2 aromatic rings. The highest BCUT2D eigenvalue weighted by atomic mass is 35.5. The summed E-state index contributed by atoms with van der Waals surface area (Å²) < 4.78 is 14.0. The van der Waals surface area contributed by atoms with Crippen LogP contribution in [0.4, 0.5) is 15.8 Å². The Balaban J connectivity index is 0.00000220. The number of nitrogens with zero attached hydrogens (tertiary/aromatic N) is 3. The number of nitrogens with one attached hydrogen (secondary N) is 1. The van der Waals surface area contributed by atoms with Crippen LogP contribution in [-0.4, -0.2) is 30.6 Å². The molecular weight excluding hydrogens is 326 g/mol. The fraction of sp³-hybridized carbons (Fsp3) is 0.400. The van der Waals surface area contributed by atoms with E-state index in [0.717, 1.165) is 17.9 Å². The third kappa shape index (κ3) is 5.07. The van der Waals surface area contributed by atoms with E-state index in [1.807, 2.05) is 21.0 Å². The van der Waals surface area contributed by atoms with E-state index in [9.17, 15) is 4.39 Å². The van der Waals surface area contributed by atoms with Crippen molar-refractivity contribution >= 4 is 36.2 Å². The van der Waals surface area contributed by atoms with Crippen molar-refractivity contribution in [3.8, 4) is 0 Å². The van der Waals surface area contributed by atoms with Crippen LogP contribution in [0.2, 0.25) is 0 Å². The number of benzene rings is 1. The Bertz CT molecular complexity index is 555. The van der Waals surface area contributed by atoms with Crippen LogP contribution in [0.1, 0.15) is 11.3 Å². The molecule has 0 aliphatic heterocycles. The monoisotopic (exact) mass is 348 g/mol. The van der Waals surface area contributed by atoms with Crippen LogP contribution in [0.15, 0.2) is 30.5 Å². The molecule has 0 aliphatic rings. The van der Waals surface area contributed by atoms with Crippen molar-refractivity contribution in [1.82, 2.24) is 9.78 Å². The molecule has 1 aromatic heterocycles. The topological polar surface area (TPSA) is 33.1 Å². The van der Waals surface area contributed by atoms with E-state index in [-0.39, 0.29) is 24.8 Å². The van der Waals surface area contributed by atoms with Gasteiger partial charge < -0.3 is 10.2 Å². The van der Waals surface area contributed by atoms with Crippen molar-refractivity contribution in [2.75, 3.05) is 31.0 Å². The molecule has 22 heavy (non-hydrogen) atoms. The molecule has 0 aliphatic carbocycles. The summed E-state index contributed by atoms with van der Waals surface area (Å²) in [6, 6.07) is 8.39. The van der Waals surface area contributed by atoms with Gasteiger partial charge in [0, 0.05) is 26.3 Å². The number of hydrogen-bond acceptors (Lipinski definition) is 3. The first-order valence-corrected chi connectivity index (χ1v) is 6.70. The first-order chi connectivity index (χ1) is 9.61. The standard InChI is InChI=1S/C15H21FN4.2ClH/c1-12-15(11-18-20(12)9-8-16)17-10-13-4-6-14(7-5-13)19(2)3;;/h4-7,11,17H,8-10H2,1-3H3;2*1H. The second kappa shape index (κ2) is 9.54. The zero-order valence-electron chi connectivity index (χ0n) is 13.0. The number of aryl methyl sites for hydroxylation is 1. The highest BCUT2D eigenvalue weighted by molar-refractivity contribution is 5.85. The van der Waals surface area contributed by atoms with Crippen LogP contribution in [0, 0.1) is 6.92 Å². The maximum absolute atomic E-state index is 12.3. The molecule has 124 valence electrons. The lowest BCUT2D eigenvalue weighted by Crippen LogP contribution is -2.08. The summed E-state index contributed by atoms with van der Waals surface area (Å²) >= 11 is 0. The van der Waals surface area contributed by atoms with Gasteiger partial charge in [0.2, 0.25) is 0 Å². The predicted octanol–water partition coefficient (Wildman–Crippen LogP) is 3.68. The van der Waals surface area contributed by atoms with Gasteiger partial charge in [-0.2, -0.15) is 5.10 Å². The average Bonchev–Trinajstić information content (AvgIpc) is 2.79. The molecule has 0 saturated heterocycles. The van der Waals surface area contributed by atoms with Gasteiger partial charge in [0.1, 0.15) is 6.67 Å². The van der Waals surface area contributed by atoms with Crippen molar-refractivity contribution in [1.29, 1.82) is 0 Å². The van der Waals surface area contributed by atoms with Gasteiger partial charge in [-0.1, -0.05) is 12.1 Å². The van der Waals surface area contributed by atoms with E-state index in [4.69, 9.17) is 0 Å². The summed E-state index contributed by atoms with van der Waals surface area (Å²) in [6.07, 6.45) is 1.75. The maximum atomic E-state index is 12.3. The van der Waals surface area contributed by atoms with Crippen molar-refractivity contribution in [2.45, 2.75) is 20.0 Å². The molecule has 0 spiro atoms. The smallest absolute Gasteiger partial charge is 0.109 e. The Hall–Kier alpha value is -1.46. The summed E-state index contributed by atoms with van der Waals surface area (Å²) in [5, 5.41) is 7.50. The van der Waals surface area contributed by atoms with E-state index >= 15 is 0 Å². The van der Waals surface area contributed by atoms with Gasteiger partial charge in [-0.25, -0.2) is 4.39 Å². The number of halogens is 3. The minimum atomic E-state index is -0.395. The Morgan fingerprint density at radius 3 is 2.36 bits per heavy atom. The first kappa shape index (κ1) is 20.5. The molecule has 1 heterocycles. The van der Waals surface area contributed by atoms with E-state index < -0.39 is 6.67 Å². The molecule has 0 radical (unpaired) electrons. The van der Waals surface area contributed by atoms with E-state index in [2.05, 4.69) is 39.6 Å². The van der Waals surface area contributed by atoms with Gasteiger partial charge in [0.15, 0.2) is 0 Å². The summed E-state index contributed by atoms with van der Waals surface area (Å²) in [6.45, 7) is 2.59. The molecule has 4 nitrogen and oxygen atoms in total. The highest BCUT2D eigenvalue weighted by Gasteiger charge is 2.05. The Labute approximate surface area is 143 Å². The largest absolute Gasteiger partial charge is 0.378 e. The number of hydrogen-bond donors (Lipinski definition) is 1. The van der Waals surface area contributed by atoms with Gasteiger partial charge in [-0.3, -0.25) is 4.68 Å². The zero-order valence-corrected chi connectivity index (χ0v) is 14.7. The van der Waals surface area contributed by atoms with Gasteiger partial charge >= 0.3 is 0 Å². The molecule has 0 saturated carbocycles. The highest BCUT2D eigenvalue weighted by Crippen LogP contribution is 2.16. The van der Waals surface area contributed by atoms with Crippen LogP contribution in [0.25, 0.3) is 0 Å². The van der Waals surface area contributed by atoms with Gasteiger partial charge in [-0.15, -0.1) is 24.8 Å². The van der Waals surface area contributed by atoms with Crippen LogP contribution >= 0.6 is 24.8 Å². The van der Waals surface area contributed by atoms with Crippen molar-refractivity contribution in [3.05, 3.63) is 41.7 Å². The number of alkyl halides is 1. The fourth-order valence-corrected chi connectivity index (χ4v) is 2.03. The molecule has 1 N–H and O–H groups in total. The third-order valence-corrected chi connectivity index (χ3v) is 3.34. The summed E-state index contributed by atoms with van der Waals surface area (Å²) in [5.41, 5.74) is 4.30. The molecule has 0 fully saturated rings. The maximum Gasteiger partial charge on any atom is 0.109 e. The number of anilines is 2. The second-order valence-corrected chi connectivity index (χ2v) is 4.97. The molecule has 7 heteroatoms. The molecule has 0 unspecified atom stereocenters. The fourth-order valence-electron chi connectivity index (χ4n) is 2.03. The quantitative estimate of drug-likeness (QED) is 0.864. The summed E-state index contributed by atoms with van der Waals surface area (Å²) in [5.74, 6) is 0. The normalized spacial score (nSPS) is 9.64. The molecule has 1 aromatic carbocycles.